The summed E-state index contributed by atoms with van der Waals surface area (Å²) in [5.74, 6) is -1.50. The number of hydrogen-bond acceptors (Lipinski definition) is 3. The fourth-order valence-electron chi connectivity index (χ4n) is 2.49. The molecule has 1 aromatic rings. The Balaban J connectivity index is 0.00000288. The van der Waals surface area contributed by atoms with Crippen LogP contribution >= 0.6 is 12.4 Å². The molecule has 1 fully saturated rings. The minimum atomic E-state index is -4.51. The van der Waals surface area contributed by atoms with Crippen LogP contribution in [0.2, 0.25) is 0 Å². The first kappa shape index (κ1) is 20.5. The molecule has 24 heavy (non-hydrogen) atoms. The van der Waals surface area contributed by atoms with E-state index in [0.29, 0.717) is 19.4 Å². The number of halogens is 5. The summed E-state index contributed by atoms with van der Waals surface area (Å²) < 4.78 is 54.8. The van der Waals surface area contributed by atoms with Crippen molar-refractivity contribution in [1.29, 1.82) is 0 Å². The van der Waals surface area contributed by atoms with E-state index in [1.54, 1.807) is 0 Å². The van der Waals surface area contributed by atoms with Gasteiger partial charge in [0.05, 0.1) is 5.69 Å². The Morgan fingerprint density at radius 1 is 1.42 bits per heavy atom. The number of nitrogens with one attached hydrogen (secondary N) is 2. The van der Waals surface area contributed by atoms with E-state index in [9.17, 15) is 22.4 Å². The number of anilines is 1. The predicted octanol–water partition coefficient (Wildman–Crippen LogP) is 3.52. The van der Waals surface area contributed by atoms with E-state index in [-0.39, 0.29) is 41.7 Å². The highest BCUT2D eigenvalue weighted by Gasteiger charge is 2.29. The summed E-state index contributed by atoms with van der Waals surface area (Å²) in [6.45, 7) is 1.12. The molecular weight excluding hydrogens is 352 g/mol. The smallest absolute Gasteiger partial charge is 0.422 e. The number of alkyl halides is 3. The quantitative estimate of drug-likeness (QED) is 0.797. The molecule has 2 rings (SSSR count). The van der Waals surface area contributed by atoms with E-state index in [1.807, 2.05) is 6.92 Å². The molecule has 0 radical (unpaired) electrons. The fourth-order valence-corrected chi connectivity index (χ4v) is 2.49. The Morgan fingerprint density at radius 2 is 2.12 bits per heavy atom. The Hall–Kier alpha value is -1.54. The molecule has 0 aliphatic carbocycles. The highest BCUT2D eigenvalue weighted by molar-refractivity contribution is 5.94. The van der Waals surface area contributed by atoms with Crippen molar-refractivity contribution in [3.8, 4) is 5.75 Å². The molecule has 1 aliphatic heterocycles. The number of rotatable bonds is 4. The third-order valence-electron chi connectivity index (χ3n) is 3.59. The first-order valence-electron chi connectivity index (χ1n) is 7.28. The molecular formula is C15H19ClF4N2O2. The molecule has 0 bridgehead atoms. The van der Waals surface area contributed by atoms with Crippen molar-refractivity contribution < 1.29 is 27.1 Å². The Labute approximate surface area is 143 Å². The van der Waals surface area contributed by atoms with Gasteiger partial charge in [-0.3, -0.25) is 4.79 Å². The standard InChI is InChI=1S/C15H18F4N2O2.ClH/c1-9-6-10(4-5-20-9)14(22)21-12-7-11(16)2-3-13(12)23-8-15(17,18)19;/h2-3,7,9-10,20H,4-6,8H2,1H3,(H,21,22);1H/t9-,10-;/m0./s1. The molecule has 1 amide bonds. The van der Waals surface area contributed by atoms with Gasteiger partial charge >= 0.3 is 6.18 Å². The van der Waals surface area contributed by atoms with E-state index < -0.39 is 18.6 Å². The summed E-state index contributed by atoms with van der Waals surface area (Å²) in [4.78, 5) is 12.2. The summed E-state index contributed by atoms with van der Waals surface area (Å²) in [7, 11) is 0. The minimum Gasteiger partial charge on any atom is -0.482 e. The van der Waals surface area contributed by atoms with Crippen LogP contribution in [-0.2, 0) is 4.79 Å². The Morgan fingerprint density at radius 3 is 2.75 bits per heavy atom. The first-order chi connectivity index (χ1) is 10.7. The van der Waals surface area contributed by atoms with Gasteiger partial charge in [-0.25, -0.2) is 4.39 Å². The average Bonchev–Trinajstić information content (AvgIpc) is 2.45. The number of piperidine rings is 1. The molecule has 0 unspecified atom stereocenters. The highest BCUT2D eigenvalue weighted by Crippen LogP contribution is 2.29. The molecule has 0 saturated carbocycles. The molecule has 1 heterocycles. The molecule has 1 aromatic carbocycles. The van der Waals surface area contributed by atoms with Gasteiger partial charge in [0.2, 0.25) is 5.91 Å². The number of amides is 1. The van der Waals surface area contributed by atoms with Crippen molar-refractivity contribution >= 4 is 24.0 Å². The topological polar surface area (TPSA) is 50.4 Å². The van der Waals surface area contributed by atoms with Gasteiger partial charge in [0, 0.05) is 18.0 Å². The van der Waals surface area contributed by atoms with E-state index in [0.717, 1.165) is 18.2 Å². The summed E-state index contributed by atoms with van der Waals surface area (Å²) in [6, 6.07) is 3.18. The zero-order valence-corrected chi connectivity index (χ0v) is 13.8. The maximum Gasteiger partial charge on any atom is 0.422 e. The van der Waals surface area contributed by atoms with Crippen LogP contribution in [0.15, 0.2) is 18.2 Å². The van der Waals surface area contributed by atoms with E-state index in [4.69, 9.17) is 0 Å². The molecule has 0 spiro atoms. The monoisotopic (exact) mass is 370 g/mol. The molecule has 2 N–H and O–H groups in total. The van der Waals surface area contributed by atoms with E-state index in [2.05, 4.69) is 15.4 Å². The number of ether oxygens (including phenoxy) is 1. The molecule has 9 heteroatoms. The molecule has 2 atom stereocenters. The second-order valence-corrected chi connectivity index (χ2v) is 5.61. The van der Waals surface area contributed by atoms with Gasteiger partial charge in [-0.1, -0.05) is 0 Å². The van der Waals surface area contributed by atoms with Gasteiger partial charge in [0.15, 0.2) is 6.61 Å². The van der Waals surface area contributed by atoms with Crippen molar-refractivity contribution in [1.82, 2.24) is 5.32 Å². The van der Waals surface area contributed by atoms with Crippen LogP contribution < -0.4 is 15.4 Å². The zero-order chi connectivity index (χ0) is 17.0. The number of benzene rings is 1. The molecule has 4 nitrogen and oxygen atoms in total. The Bertz CT molecular complexity index is 569. The van der Waals surface area contributed by atoms with Gasteiger partial charge in [0.25, 0.3) is 0 Å². The lowest BCUT2D eigenvalue weighted by molar-refractivity contribution is -0.153. The van der Waals surface area contributed by atoms with Crippen molar-refractivity contribution in [3.05, 3.63) is 24.0 Å². The number of hydrogen-bond donors (Lipinski definition) is 2. The van der Waals surface area contributed by atoms with Crippen molar-refractivity contribution in [3.63, 3.8) is 0 Å². The van der Waals surface area contributed by atoms with Crippen LogP contribution in [0.1, 0.15) is 19.8 Å². The van der Waals surface area contributed by atoms with Crippen LogP contribution in [0.25, 0.3) is 0 Å². The minimum absolute atomic E-state index is 0. The molecule has 136 valence electrons. The lowest BCUT2D eigenvalue weighted by Crippen LogP contribution is -2.40. The van der Waals surface area contributed by atoms with Crippen molar-refractivity contribution in [2.24, 2.45) is 5.92 Å². The van der Waals surface area contributed by atoms with Gasteiger partial charge in [-0.05, 0) is 38.4 Å². The largest absolute Gasteiger partial charge is 0.482 e. The highest BCUT2D eigenvalue weighted by atomic mass is 35.5. The maximum absolute atomic E-state index is 13.3. The summed E-state index contributed by atoms with van der Waals surface area (Å²) >= 11 is 0. The van der Waals surface area contributed by atoms with Crippen LogP contribution in [0.5, 0.6) is 5.75 Å². The zero-order valence-electron chi connectivity index (χ0n) is 13.0. The third kappa shape index (κ3) is 6.16. The second kappa shape index (κ2) is 8.53. The third-order valence-corrected chi connectivity index (χ3v) is 3.59. The molecule has 1 saturated heterocycles. The average molecular weight is 371 g/mol. The SMILES string of the molecule is C[C@H]1C[C@@H](C(=O)Nc2cc(F)ccc2OCC(F)(F)F)CCN1.Cl. The lowest BCUT2D eigenvalue weighted by atomic mass is 9.92. The predicted molar refractivity (Wildman–Crippen MR) is 84.0 cm³/mol. The fraction of sp³-hybridized carbons (Fsp3) is 0.533. The summed E-state index contributed by atoms with van der Waals surface area (Å²) in [5.41, 5.74) is -0.0922. The number of carbonyl (C=O) groups excluding carboxylic acids is 1. The first-order valence-corrected chi connectivity index (χ1v) is 7.28. The van der Waals surface area contributed by atoms with Gasteiger partial charge in [-0.15, -0.1) is 12.4 Å². The number of carbonyl (C=O) groups is 1. The summed E-state index contributed by atoms with van der Waals surface area (Å²) in [5, 5.41) is 5.68. The van der Waals surface area contributed by atoms with Gasteiger partial charge in [-0.2, -0.15) is 13.2 Å². The van der Waals surface area contributed by atoms with Crippen molar-refractivity contribution in [2.45, 2.75) is 32.0 Å². The van der Waals surface area contributed by atoms with Gasteiger partial charge < -0.3 is 15.4 Å². The van der Waals surface area contributed by atoms with E-state index >= 15 is 0 Å². The van der Waals surface area contributed by atoms with Crippen LogP contribution in [0.4, 0.5) is 23.2 Å². The van der Waals surface area contributed by atoms with Crippen molar-refractivity contribution in [2.75, 3.05) is 18.5 Å². The normalized spacial score (nSPS) is 20.9. The van der Waals surface area contributed by atoms with Gasteiger partial charge in [0.1, 0.15) is 11.6 Å². The van der Waals surface area contributed by atoms with E-state index in [1.165, 1.54) is 0 Å². The van der Waals surface area contributed by atoms with Crippen LogP contribution in [0.3, 0.4) is 0 Å². The van der Waals surface area contributed by atoms with Crippen LogP contribution in [-0.4, -0.2) is 31.3 Å². The maximum atomic E-state index is 13.3. The molecule has 0 aromatic heterocycles. The summed E-state index contributed by atoms with van der Waals surface area (Å²) in [6.07, 6.45) is -3.29. The lowest BCUT2D eigenvalue weighted by Gasteiger charge is -2.27. The van der Waals surface area contributed by atoms with Crippen LogP contribution in [0, 0.1) is 11.7 Å². The molecule has 1 aliphatic rings. The Kier molecular flexibility index (Phi) is 7.28. The second-order valence-electron chi connectivity index (χ2n) is 5.61.